The van der Waals surface area contributed by atoms with E-state index in [4.69, 9.17) is 10.5 Å². The SMILES string of the molecule is Nc1ccccc1NC(=O)/C=C/CC[C@H](Oc1ccccc1)[C@@H](O)c1cc(Br)ccc1O. The van der Waals surface area contributed by atoms with Crippen molar-refractivity contribution in [2.24, 2.45) is 0 Å². The van der Waals surface area contributed by atoms with Crippen LogP contribution in [-0.2, 0) is 4.79 Å². The molecular weight excluding hydrogens is 472 g/mol. The second-order valence-corrected chi connectivity index (χ2v) is 8.09. The van der Waals surface area contributed by atoms with Gasteiger partial charge in [0.1, 0.15) is 23.7 Å². The molecule has 2 atom stereocenters. The number of amides is 1. The molecule has 3 aromatic rings. The Morgan fingerprint density at radius 1 is 1.09 bits per heavy atom. The van der Waals surface area contributed by atoms with Crippen LogP contribution < -0.4 is 15.8 Å². The van der Waals surface area contributed by atoms with Gasteiger partial charge in [0.2, 0.25) is 5.91 Å². The summed E-state index contributed by atoms with van der Waals surface area (Å²) >= 11 is 3.36. The van der Waals surface area contributed by atoms with E-state index >= 15 is 0 Å². The number of para-hydroxylation sites is 3. The molecule has 0 saturated heterocycles. The Bertz CT molecular complexity index is 1070. The fourth-order valence-corrected chi connectivity index (χ4v) is 3.53. The number of phenolic OH excluding ortho intramolecular Hbond substituents is 1. The molecule has 1 amide bonds. The number of hydrogen-bond acceptors (Lipinski definition) is 5. The zero-order valence-electron chi connectivity index (χ0n) is 17.3. The third-order valence-electron chi connectivity index (χ3n) is 4.80. The molecule has 0 unspecified atom stereocenters. The Hall–Kier alpha value is -3.29. The minimum absolute atomic E-state index is 0.0160. The van der Waals surface area contributed by atoms with E-state index in [1.54, 1.807) is 54.6 Å². The third kappa shape index (κ3) is 6.60. The standard InChI is InChI=1S/C25H25BrN2O4/c26-17-14-15-22(29)19(16-17)25(31)23(32-18-8-2-1-3-9-18)12-6-7-13-24(30)28-21-11-5-4-10-20(21)27/h1-5,7-11,13-16,23,25,29,31H,6,12,27H2,(H,28,30)/b13-7+/t23-,25-/m0/s1. The summed E-state index contributed by atoms with van der Waals surface area (Å²) < 4.78 is 6.75. The van der Waals surface area contributed by atoms with E-state index in [1.807, 2.05) is 18.2 Å². The monoisotopic (exact) mass is 496 g/mol. The maximum absolute atomic E-state index is 12.2. The van der Waals surface area contributed by atoms with Crippen LogP contribution in [0.2, 0.25) is 0 Å². The Balaban J connectivity index is 1.67. The average Bonchev–Trinajstić information content (AvgIpc) is 2.79. The number of aliphatic hydroxyl groups excluding tert-OH is 1. The van der Waals surface area contributed by atoms with Crippen LogP contribution in [0.25, 0.3) is 0 Å². The molecule has 6 nitrogen and oxygen atoms in total. The first-order chi connectivity index (χ1) is 15.4. The minimum Gasteiger partial charge on any atom is -0.508 e. The lowest BCUT2D eigenvalue weighted by molar-refractivity contribution is -0.111. The van der Waals surface area contributed by atoms with E-state index in [0.717, 1.165) is 4.47 Å². The number of ether oxygens (including phenoxy) is 1. The Morgan fingerprint density at radius 2 is 1.81 bits per heavy atom. The number of allylic oxidation sites excluding steroid dienone is 1. The lowest BCUT2D eigenvalue weighted by Gasteiger charge is -2.25. The highest BCUT2D eigenvalue weighted by Crippen LogP contribution is 2.32. The van der Waals surface area contributed by atoms with Gasteiger partial charge in [-0.3, -0.25) is 4.79 Å². The van der Waals surface area contributed by atoms with Crippen molar-refractivity contribution >= 4 is 33.2 Å². The maximum atomic E-state index is 12.2. The zero-order valence-corrected chi connectivity index (χ0v) is 18.9. The van der Waals surface area contributed by atoms with Gasteiger partial charge in [-0.15, -0.1) is 0 Å². The van der Waals surface area contributed by atoms with Crippen LogP contribution in [0.15, 0.2) is 89.4 Å². The van der Waals surface area contributed by atoms with Crippen LogP contribution in [0.5, 0.6) is 11.5 Å². The number of anilines is 2. The van der Waals surface area contributed by atoms with Crippen molar-refractivity contribution < 1.29 is 19.7 Å². The molecule has 0 spiro atoms. The number of nitrogens with two attached hydrogens (primary N) is 1. The van der Waals surface area contributed by atoms with E-state index < -0.39 is 12.2 Å². The molecular formula is C25H25BrN2O4. The molecule has 0 aliphatic rings. The number of aromatic hydroxyl groups is 1. The van der Waals surface area contributed by atoms with Crippen LogP contribution in [-0.4, -0.2) is 22.2 Å². The molecule has 0 saturated carbocycles. The van der Waals surface area contributed by atoms with Gasteiger partial charge in [0.05, 0.1) is 11.4 Å². The van der Waals surface area contributed by atoms with Gasteiger partial charge in [0, 0.05) is 10.0 Å². The fraction of sp³-hybridized carbons (Fsp3) is 0.160. The summed E-state index contributed by atoms with van der Waals surface area (Å²) in [4.78, 5) is 12.2. The lowest BCUT2D eigenvalue weighted by Crippen LogP contribution is -2.25. The molecule has 0 fully saturated rings. The third-order valence-corrected chi connectivity index (χ3v) is 5.29. The molecule has 0 aromatic heterocycles. The van der Waals surface area contributed by atoms with E-state index in [1.165, 1.54) is 12.1 Å². The van der Waals surface area contributed by atoms with Gasteiger partial charge >= 0.3 is 0 Å². The summed E-state index contributed by atoms with van der Waals surface area (Å²) in [6.45, 7) is 0. The number of halogens is 1. The molecule has 7 heteroatoms. The number of benzene rings is 3. The zero-order chi connectivity index (χ0) is 22.9. The van der Waals surface area contributed by atoms with Crippen LogP contribution >= 0.6 is 15.9 Å². The number of phenols is 1. The van der Waals surface area contributed by atoms with Gasteiger partial charge in [-0.2, -0.15) is 0 Å². The molecule has 3 rings (SSSR count). The molecule has 0 bridgehead atoms. The molecule has 32 heavy (non-hydrogen) atoms. The van der Waals surface area contributed by atoms with Crippen molar-refractivity contribution in [3.63, 3.8) is 0 Å². The van der Waals surface area contributed by atoms with Gasteiger partial charge < -0.3 is 26.0 Å². The normalized spacial score (nSPS) is 12.9. The summed E-state index contributed by atoms with van der Waals surface area (Å²) in [5.41, 5.74) is 7.24. The first kappa shape index (κ1) is 23.4. The predicted octanol–water partition coefficient (Wildman–Crippen LogP) is 5.19. The van der Waals surface area contributed by atoms with Gasteiger partial charge in [0.25, 0.3) is 0 Å². The maximum Gasteiger partial charge on any atom is 0.248 e. The second kappa shape index (κ2) is 11.4. The minimum atomic E-state index is -1.07. The fourth-order valence-electron chi connectivity index (χ4n) is 3.15. The first-order valence-corrected chi connectivity index (χ1v) is 10.9. The van der Waals surface area contributed by atoms with Crippen LogP contribution in [0.1, 0.15) is 24.5 Å². The molecule has 166 valence electrons. The highest BCUT2D eigenvalue weighted by atomic mass is 79.9. The summed E-state index contributed by atoms with van der Waals surface area (Å²) in [6.07, 6.45) is 2.31. The molecule has 0 radical (unpaired) electrons. The number of nitrogen functional groups attached to an aromatic ring is 1. The highest BCUT2D eigenvalue weighted by molar-refractivity contribution is 9.10. The smallest absolute Gasteiger partial charge is 0.248 e. The number of carbonyl (C=O) groups excluding carboxylic acids is 1. The quantitative estimate of drug-likeness (QED) is 0.241. The van der Waals surface area contributed by atoms with Crippen molar-refractivity contribution in [1.82, 2.24) is 0 Å². The van der Waals surface area contributed by atoms with Crippen molar-refractivity contribution in [3.8, 4) is 11.5 Å². The van der Waals surface area contributed by atoms with E-state index in [0.29, 0.717) is 35.5 Å². The summed E-state index contributed by atoms with van der Waals surface area (Å²) in [6, 6.07) is 21.1. The molecule has 0 aliphatic heterocycles. The van der Waals surface area contributed by atoms with Crippen molar-refractivity contribution in [3.05, 3.63) is 95.0 Å². The van der Waals surface area contributed by atoms with E-state index in [-0.39, 0.29) is 11.7 Å². The van der Waals surface area contributed by atoms with Crippen LogP contribution in [0.3, 0.4) is 0 Å². The van der Waals surface area contributed by atoms with Gasteiger partial charge in [-0.25, -0.2) is 0 Å². The van der Waals surface area contributed by atoms with Crippen molar-refractivity contribution in [1.29, 1.82) is 0 Å². The largest absolute Gasteiger partial charge is 0.508 e. The van der Waals surface area contributed by atoms with Crippen LogP contribution in [0.4, 0.5) is 11.4 Å². The number of nitrogens with one attached hydrogen (secondary N) is 1. The number of hydrogen-bond donors (Lipinski definition) is 4. The molecule has 3 aromatic carbocycles. The van der Waals surface area contributed by atoms with E-state index in [2.05, 4.69) is 21.2 Å². The lowest BCUT2D eigenvalue weighted by atomic mass is 9.99. The molecule has 0 aliphatic carbocycles. The highest BCUT2D eigenvalue weighted by Gasteiger charge is 2.25. The average molecular weight is 497 g/mol. The van der Waals surface area contributed by atoms with Gasteiger partial charge in [-0.1, -0.05) is 52.3 Å². The molecule has 5 N–H and O–H groups in total. The van der Waals surface area contributed by atoms with Crippen LogP contribution in [0, 0.1) is 0 Å². The summed E-state index contributed by atoms with van der Waals surface area (Å²) in [5.74, 6) is 0.290. The predicted molar refractivity (Wildman–Crippen MR) is 129 cm³/mol. The van der Waals surface area contributed by atoms with Crippen molar-refractivity contribution in [2.75, 3.05) is 11.1 Å². The number of rotatable bonds is 9. The first-order valence-electron chi connectivity index (χ1n) is 10.1. The Labute approximate surface area is 195 Å². The Morgan fingerprint density at radius 3 is 2.56 bits per heavy atom. The number of carbonyl (C=O) groups is 1. The summed E-state index contributed by atoms with van der Waals surface area (Å²) in [7, 11) is 0. The molecule has 0 heterocycles. The summed E-state index contributed by atoms with van der Waals surface area (Å²) in [5, 5.41) is 23.9. The van der Waals surface area contributed by atoms with Gasteiger partial charge in [-0.05, 0) is 61.4 Å². The second-order valence-electron chi connectivity index (χ2n) is 7.17. The Kier molecular flexibility index (Phi) is 8.30. The number of aliphatic hydroxyl groups is 1. The van der Waals surface area contributed by atoms with Gasteiger partial charge in [0.15, 0.2) is 0 Å². The van der Waals surface area contributed by atoms with E-state index in [9.17, 15) is 15.0 Å². The van der Waals surface area contributed by atoms with Crippen molar-refractivity contribution in [2.45, 2.75) is 25.0 Å². The topological polar surface area (TPSA) is 105 Å².